The van der Waals surface area contributed by atoms with Crippen LogP contribution >= 0.6 is 11.6 Å². The molecule has 1 amide bonds. The number of allylic oxidation sites excluding steroid dienone is 1. The molecule has 0 aliphatic rings. The second kappa shape index (κ2) is 9.89. The number of anilines is 2. The molecule has 0 aliphatic carbocycles. The van der Waals surface area contributed by atoms with Crippen molar-refractivity contribution in [1.29, 1.82) is 0 Å². The molecule has 0 radical (unpaired) electrons. The molecule has 6 nitrogen and oxygen atoms in total. The van der Waals surface area contributed by atoms with Crippen molar-refractivity contribution in [1.82, 2.24) is 0 Å². The summed E-state index contributed by atoms with van der Waals surface area (Å²) in [6.07, 6.45) is 2.30. The van der Waals surface area contributed by atoms with Crippen molar-refractivity contribution in [2.45, 2.75) is 18.2 Å². The number of aryl methyl sites for hydroxylation is 1. The predicted octanol–water partition coefficient (Wildman–Crippen LogP) is 5.44. The van der Waals surface area contributed by atoms with Gasteiger partial charge in [0.2, 0.25) is 0 Å². The van der Waals surface area contributed by atoms with E-state index in [-0.39, 0.29) is 10.8 Å². The minimum absolute atomic E-state index is 0.0601. The van der Waals surface area contributed by atoms with Gasteiger partial charge in [0.15, 0.2) is 0 Å². The van der Waals surface area contributed by atoms with Crippen LogP contribution in [0.25, 0.3) is 0 Å². The van der Waals surface area contributed by atoms with Crippen LogP contribution in [0.2, 0.25) is 5.02 Å². The summed E-state index contributed by atoms with van der Waals surface area (Å²) >= 11 is 6.07. The molecule has 0 saturated carbocycles. The molecule has 3 aromatic carbocycles. The van der Waals surface area contributed by atoms with Gasteiger partial charge in [0.25, 0.3) is 15.9 Å². The Balaban J connectivity index is 1.74. The second-order valence-electron chi connectivity index (χ2n) is 7.07. The van der Waals surface area contributed by atoms with Crippen molar-refractivity contribution in [2.24, 2.45) is 0 Å². The Morgan fingerprint density at radius 3 is 2.38 bits per heavy atom. The van der Waals surface area contributed by atoms with Gasteiger partial charge in [0.1, 0.15) is 5.75 Å². The molecule has 0 saturated heterocycles. The van der Waals surface area contributed by atoms with Crippen LogP contribution in [0.5, 0.6) is 5.75 Å². The van der Waals surface area contributed by atoms with Crippen molar-refractivity contribution < 1.29 is 17.9 Å². The third kappa shape index (κ3) is 5.49. The van der Waals surface area contributed by atoms with E-state index in [0.29, 0.717) is 34.1 Å². The third-order valence-corrected chi connectivity index (χ3v) is 6.56. The molecule has 8 heteroatoms. The Morgan fingerprint density at radius 1 is 1.06 bits per heavy atom. The van der Waals surface area contributed by atoms with Crippen LogP contribution in [0.4, 0.5) is 11.4 Å². The molecule has 0 aromatic heterocycles. The van der Waals surface area contributed by atoms with Crippen LogP contribution in [0.15, 0.2) is 78.2 Å². The highest BCUT2D eigenvalue weighted by Gasteiger charge is 2.15. The summed E-state index contributed by atoms with van der Waals surface area (Å²) in [5.41, 5.74) is 2.99. The summed E-state index contributed by atoms with van der Waals surface area (Å²) in [6, 6.07) is 16.0. The average molecular weight is 471 g/mol. The zero-order chi connectivity index (χ0) is 23.3. The molecule has 0 atom stereocenters. The smallest absolute Gasteiger partial charge is 0.261 e. The molecular weight excluding hydrogens is 448 g/mol. The maximum atomic E-state index is 12.7. The molecular formula is C24H23ClN2O4S. The molecule has 0 fully saturated rings. The number of carbonyl (C=O) groups excluding carboxylic acids is 1. The predicted molar refractivity (Wildman–Crippen MR) is 128 cm³/mol. The number of benzene rings is 3. The van der Waals surface area contributed by atoms with E-state index in [2.05, 4.69) is 16.6 Å². The number of halogens is 1. The van der Waals surface area contributed by atoms with E-state index in [1.165, 1.54) is 24.3 Å². The topological polar surface area (TPSA) is 84.5 Å². The Kier molecular flexibility index (Phi) is 7.22. The first-order valence-electron chi connectivity index (χ1n) is 9.71. The molecule has 3 rings (SSSR count). The van der Waals surface area contributed by atoms with Crippen LogP contribution in [-0.2, 0) is 16.4 Å². The SMILES string of the molecule is C=CCc1cc(C(=O)Nc2ccc(S(=O)(=O)Nc3ccc(C)c(Cl)c3)cc2)ccc1OC. The van der Waals surface area contributed by atoms with Crippen molar-refractivity contribution in [3.63, 3.8) is 0 Å². The summed E-state index contributed by atoms with van der Waals surface area (Å²) in [7, 11) is -2.24. The van der Waals surface area contributed by atoms with Crippen molar-refractivity contribution in [3.8, 4) is 5.75 Å². The van der Waals surface area contributed by atoms with Crippen molar-refractivity contribution in [2.75, 3.05) is 17.1 Å². The van der Waals surface area contributed by atoms with Crippen LogP contribution in [0, 0.1) is 6.92 Å². The number of sulfonamides is 1. The zero-order valence-corrected chi connectivity index (χ0v) is 19.3. The maximum Gasteiger partial charge on any atom is 0.261 e. The lowest BCUT2D eigenvalue weighted by Gasteiger charge is -2.11. The van der Waals surface area contributed by atoms with Gasteiger partial charge in [-0.15, -0.1) is 6.58 Å². The molecule has 0 heterocycles. The number of hydrogen-bond donors (Lipinski definition) is 2. The summed E-state index contributed by atoms with van der Waals surface area (Å²) in [5, 5.41) is 3.24. The molecule has 32 heavy (non-hydrogen) atoms. The van der Waals surface area contributed by atoms with E-state index in [1.54, 1.807) is 49.6 Å². The van der Waals surface area contributed by atoms with E-state index in [0.717, 1.165) is 11.1 Å². The molecule has 2 N–H and O–H groups in total. The van der Waals surface area contributed by atoms with E-state index in [9.17, 15) is 13.2 Å². The first-order chi connectivity index (χ1) is 15.2. The quantitative estimate of drug-likeness (QED) is 0.429. The van der Waals surface area contributed by atoms with Crippen LogP contribution < -0.4 is 14.8 Å². The number of rotatable bonds is 8. The van der Waals surface area contributed by atoms with Gasteiger partial charge in [-0.05, 0) is 79.1 Å². The van der Waals surface area contributed by atoms with Gasteiger partial charge in [-0.3, -0.25) is 9.52 Å². The van der Waals surface area contributed by atoms with Crippen LogP contribution in [0.3, 0.4) is 0 Å². The number of methoxy groups -OCH3 is 1. The lowest BCUT2D eigenvalue weighted by Crippen LogP contribution is -2.14. The third-order valence-electron chi connectivity index (χ3n) is 4.75. The maximum absolute atomic E-state index is 12.7. The van der Waals surface area contributed by atoms with Gasteiger partial charge >= 0.3 is 0 Å². The highest BCUT2D eigenvalue weighted by atomic mass is 35.5. The Hall–Kier alpha value is -3.29. The van der Waals surface area contributed by atoms with Crippen molar-refractivity contribution in [3.05, 3.63) is 95.0 Å². The molecule has 0 bridgehead atoms. The normalized spacial score (nSPS) is 11.0. The summed E-state index contributed by atoms with van der Waals surface area (Å²) < 4.78 is 33.1. The minimum Gasteiger partial charge on any atom is -0.496 e. The van der Waals surface area contributed by atoms with Crippen LogP contribution in [0.1, 0.15) is 21.5 Å². The molecule has 3 aromatic rings. The van der Waals surface area contributed by atoms with Gasteiger partial charge < -0.3 is 10.1 Å². The molecule has 0 spiro atoms. The van der Waals surface area contributed by atoms with Gasteiger partial charge in [-0.25, -0.2) is 8.42 Å². The van der Waals surface area contributed by atoms with E-state index >= 15 is 0 Å². The highest BCUT2D eigenvalue weighted by Crippen LogP contribution is 2.24. The number of hydrogen-bond acceptors (Lipinski definition) is 4. The lowest BCUT2D eigenvalue weighted by atomic mass is 10.1. The summed E-state index contributed by atoms with van der Waals surface area (Å²) in [6.45, 7) is 5.55. The van der Waals surface area contributed by atoms with Gasteiger partial charge in [-0.2, -0.15) is 0 Å². The number of nitrogens with one attached hydrogen (secondary N) is 2. The fourth-order valence-corrected chi connectivity index (χ4v) is 4.26. The van der Waals surface area contributed by atoms with Crippen LogP contribution in [-0.4, -0.2) is 21.4 Å². The summed E-state index contributed by atoms with van der Waals surface area (Å²) in [5.74, 6) is 0.361. The number of carbonyl (C=O) groups is 1. The Bertz CT molecular complexity index is 1260. The van der Waals surface area contributed by atoms with E-state index < -0.39 is 10.0 Å². The average Bonchev–Trinajstić information content (AvgIpc) is 2.76. The van der Waals surface area contributed by atoms with E-state index in [1.807, 2.05) is 6.92 Å². The first kappa shape index (κ1) is 23.4. The Labute approximate surface area is 192 Å². The Morgan fingerprint density at radius 2 is 1.75 bits per heavy atom. The minimum atomic E-state index is -3.80. The standard InChI is InChI=1S/C24H23ClN2O4S/c1-4-5-17-14-18(7-13-23(17)31-3)24(28)26-19-9-11-21(12-10-19)32(29,30)27-20-8-6-16(2)22(25)15-20/h4,6-15,27H,1,5H2,2-3H3,(H,26,28). The second-order valence-corrected chi connectivity index (χ2v) is 9.16. The monoisotopic (exact) mass is 470 g/mol. The molecule has 0 unspecified atom stereocenters. The van der Waals surface area contributed by atoms with Crippen molar-refractivity contribution >= 4 is 38.9 Å². The van der Waals surface area contributed by atoms with Gasteiger partial charge in [-0.1, -0.05) is 23.7 Å². The number of amides is 1. The van der Waals surface area contributed by atoms with Gasteiger partial charge in [0, 0.05) is 16.3 Å². The number of ether oxygens (including phenoxy) is 1. The molecule has 166 valence electrons. The highest BCUT2D eigenvalue weighted by molar-refractivity contribution is 7.92. The first-order valence-corrected chi connectivity index (χ1v) is 11.6. The van der Waals surface area contributed by atoms with Gasteiger partial charge in [0.05, 0.1) is 17.7 Å². The molecule has 0 aliphatic heterocycles. The largest absolute Gasteiger partial charge is 0.496 e. The fourth-order valence-electron chi connectivity index (χ4n) is 3.03. The summed E-state index contributed by atoms with van der Waals surface area (Å²) in [4.78, 5) is 12.7. The fraction of sp³-hybridized carbons (Fsp3) is 0.125. The zero-order valence-electron chi connectivity index (χ0n) is 17.7. The van der Waals surface area contributed by atoms with E-state index in [4.69, 9.17) is 16.3 Å². The lowest BCUT2D eigenvalue weighted by molar-refractivity contribution is 0.102.